The van der Waals surface area contributed by atoms with E-state index in [9.17, 15) is 0 Å². The highest BCUT2D eigenvalue weighted by Gasteiger charge is 2.18. The van der Waals surface area contributed by atoms with E-state index in [1.54, 1.807) is 0 Å². The molecule has 0 radical (unpaired) electrons. The molecular formula is C12H21N3. The van der Waals surface area contributed by atoms with Gasteiger partial charge < -0.3 is 4.57 Å². The molecule has 84 valence electrons. The van der Waals surface area contributed by atoms with Crippen LogP contribution in [-0.4, -0.2) is 27.5 Å². The third-order valence-electron chi connectivity index (χ3n) is 3.22. The fourth-order valence-corrected chi connectivity index (χ4v) is 2.52. The molecule has 0 bridgehead atoms. The van der Waals surface area contributed by atoms with Crippen LogP contribution in [-0.2, 0) is 6.67 Å². The smallest absolute Gasteiger partial charge is 0.0956 e. The molecule has 3 nitrogen and oxygen atoms in total. The number of imidazole rings is 1. The normalized spacial score (nSPS) is 23.1. The molecule has 1 aromatic rings. The maximum atomic E-state index is 4.08. The molecule has 3 heteroatoms. The van der Waals surface area contributed by atoms with Gasteiger partial charge in [0.15, 0.2) is 0 Å². The van der Waals surface area contributed by atoms with Crippen LogP contribution >= 0.6 is 0 Å². The van der Waals surface area contributed by atoms with Crippen LogP contribution in [0.15, 0.2) is 18.7 Å². The molecule has 0 N–H and O–H groups in total. The number of piperidine rings is 1. The van der Waals surface area contributed by atoms with Crippen molar-refractivity contribution in [2.45, 2.75) is 39.3 Å². The Morgan fingerprint density at radius 2 is 2.40 bits per heavy atom. The maximum absolute atomic E-state index is 4.08. The summed E-state index contributed by atoms with van der Waals surface area (Å²) in [5, 5.41) is 0. The third-order valence-corrected chi connectivity index (χ3v) is 3.22. The zero-order chi connectivity index (χ0) is 10.5. The van der Waals surface area contributed by atoms with E-state index in [2.05, 4.69) is 21.4 Å². The highest BCUT2D eigenvalue weighted by molar-refractivity contribution is 4.76. The van der Waals surface area contributed by atoms with Crippen LogP contribution in [0.5, 0.6) is 0 Å². The summed E-state index contributed by atoms with van der Waals surface area (Å²) in [4.78, 5) is 6.63. The molecule has 1 atom stereocenters. The minimum absolute atomic E-state index is 0.923. The first-order valence-corrected chi connectivity index (χ1v) is 6.06. The Labute approximate surface area is 92.1 Å². The summed E-state index contributed by atoms with van der Waals surface area (Å²) in [7, 11) is 0. The highest BCUT2D eigenvalue weighted by Crippen LogP contribution is 2.20. The second-order valence-electron chi connectivity index (χ2n) is 4.59. The molecule has 0 saturated carbocycles. The lowest BCUT2D eigenvalue weighted by Gasteiger charge is -2.32. The van der Waals surface area contributed by atoms with Gasteiger partial charge >= 0.3 is 0 Å². The minimum Gasteiger partial charge on any atom is -0.324 e. The topological polar surface area (TPSA) is 21.1 Å². The van der Waals surface area contributed by atoms with Gasteiger partial charge in [-0.2, -0.15) is 0 Å². The van der Waals surface area contributed by atoms with Crippen molar-refractivity contribution in [2.75, 3.05) is 13.1 Å². The van der Waals surface area contributed by atoms with Crippen LogP contribution in [0.2, 0.25) is 0 Å². The minimum atomic E-state index is 0.923. The number of rotatable bonds is 4. The standard InChI is InChI=1S/C12H21N3/c1-2-4-12-5-3-7-14(9-12)11-15-8-6-13-10-15/h6,8,10,12H,2-5,7,9,11H2,1H3. The molecule has 2 rings (SSSR count). The lowest BCUT2D eigenvalue weighted by molar-refractivity contribution is 0.133. The fraction of sp³-hybridized carbons (Fsp3) is 0.750. The van der Waals surface area contributed by atoms with E-state index in [1.165, 1.54) is 38.8 Å². The second-order valence-corrected chi connectivity index (χ2v) is 4.59. The number of nitrogens with zero attached hydrogens (tertiary/aromatic N) is 3. The fourth-order valence-electron chi connectivity index (χ4n) is 2.52. The Kier molecular flexibility index (Phi) is 3.78. The van der Waals surface area contributed by atoms with Gasteiger partial charge in [-0.05, 0) is 31.7 Å². The van der Waals surface area contributed by atoms with Crippen molar-refractivity contribution in [1.29, 1.82) is 0 Å². The Morgan fingerprint density at radius 1 is 1.47 bits per heavy atom. The molecule has 1 aliphatic heterocycles. The summed E-state index contributed by atoms with van der Waals surface area (Å²) in [6.07, 6.45) is 11.3. The summed E-state index contributed by atoms with van der Waals surface area (Å²) >= 11 is 0. The quantitative estimate of drug-likeness (QED) is 0.755. The summed E-state index contributed by atoms with van der Waals surface area (Å²) in [6, 6.07) is 0. The first kappa shape index (κ1) is 10.7. The van der Waals surface area contributed by atoms with Crippen LogP contribution in [0.4, 0.5) is 0 Å². The van der Waals surface area contributed by atoms with Gasteiger partial charge in [0.2, 0.25) is 0 Å². The second kappa shape index (κ2) is 5.31. The summed E-state index contributed by atoms with van der Waals surface area (Å²) in [5.74, 6) is 0.923. The predicted octanol–water partition coefficient (Wildman–Crippen LogP) is 2.35. The summed E-state index contributed by atoms with van der Waals surface area (Å²) in [5.41, 5.74) is 0. The van der Waals surface area contributed by atoms with Crippen LogP contribution in [0.25, 0.3) is 0 Å². The zero-order valence-electron chi connectivity index (χ0n) is 9.60. The molecule has 1 unspecified atom stereocenters. The lowest BCUT2D eigenvalue weighted by Crippen LogP contribution is -2.36. The first-order valence-electron chi connectivity index (χ1n) is 6.06. The van der Waals surface area contributed by atoms with Gasteiger partial charge in [0.05, 0.1) is 13.0 Å². The summed E-state index contributed by atoms with van der Waals surface area (Å²) in [6.45, 7) is 5.82. The molecule has 1 aliphatic rings. The van der Waals surface area contributed by atoms with Gasteiger partial charge in [-0.15, -0.1) is 0 Å². The van der Waals surface area contributed by atoms with E-state index in [-0.39, 0.29) is 0 Å². The number of hydrogen-bond acceptors (Lipinski definition) is 2. The molecule has 2 heterocycles. The van der Waals surface area contributed by atoms with Crippen molar-refractivity contribution >= 4 is 0 Å². The van der Waals surface area contributed by atoms with Gasteiger partial charge in [-0.1, -0.05) is 13.3 Å². The Morgan fingerprint density at radius 3 is 3.13 bits per heavy atom. The number of likely N-dealkylation sites (tertiary alicyclic amines) is 1. The van der Waals surface area contributed by atoms with Crippen molar-refractivity contribution in [3.8, 4) is 0 Å². The van der Waals surface area contributed by atoms with Crippen molar-refractivity contribution in [1.82, 2.24) is 14.5 Å². The van der Waals surface area contributed by atoms with Gasteiger partial charge in [-0.25, -0.2) is 4.98 Å². The predicted molar refractivity (Wildman–Crippen MR) is 61.4 cm³/mol. The molecule has 0 aromatic carbocycles. The van der Waals surface area contributed by atoms with Crippen LogP contribution < -0.4 is 0 Å². The Hall–Kier alpha value is -0.830. The SMILES string of the molecule is CCCC1CCCN(Cn2ccnc2)C1. The van der Waals surface area contributed by atoms with E-state index in [0.717, 1.165) is 12.6 Å². The van der Waals surface area contributed by atoms with Crippen molar-refractivity contribution in [2.24, 2.45) is 5.92 Å². The molecule has 1 fully saturated rings. The van der Waals surface area contributed by atoms with E-state index >= 15 is 0 Å². The van der Waals surface area contributed by atoms with Gasteiger partial charge in [0.25, 0.3) is 0 Å². The van der Waals surface area contributed by atoms with E-state index in [1.807, 2.05) is 18.7 Å². The highest BCUT2D eigenvalue weighted by atomic mass is 15.3. The lowest BCUT2D eigenvalue weighted by atomic mass is 9.94. The van der Waals surface area contributed by atoms with Crippen LogP contribution in [0.3, 0.4) is 0 Å². The largest absolute Gasteiger partial charge is 0.324 e. The molecule has 0 aliphatic carbocycles. The van der Waals surface area contributed by atoms with Crippen molar-refractivity contribution in [3.05, 3.63) is 18.7 Å². The van der Waals surface area contributed by atoms with Gasteiger partial charge in [-0.3, -0.25) is 4.90 Å². The maximum Gasteiger partial charge on any atom is 0.0956 e. The molecule has 1 aromatic heterocycles. The zero-order valence-corrected chi connectivity index (χ0v) is 9.60. The van der Waals surface area contributed by atoms with E-state index < -0.39 is 0 Å². The van der Waals surface area contributed by atoms with Gasteiger partial charge in [0.1, 0.15) is 0 Å². The molecular weight excluding hydrogens is 186 g/mol. The monoisotopic (exact) mass is 207 g/mol. The molecule has 15 heavy (non-hydrogen) atoms. The average molecular weight is 207 g/mol. The van der Waals surface area contributed by atoms with E-state index in [0.29, 0.717) is 0 Å². The van der Waals surface area contributed by atoms with Crippen molar-refractivity contribution in [3.63, 3.8) is 0 Å². The van der Waals surface area contributed by atoms with E-state index in [4.69, 9.17) is 0 Å². The number of hydrogen-bond donors (Lipinski definition) is 0. The Balaban J connectivity index is 1.82. The summed E-state index contributed by atoms with van der Waals surface area (Å²) < 4.78 is 2.16. The first-order chi connectivity index (χ1) is 7.38. The van der Waals surface area contributed by atoms with Crippen LogP contribution in [0, 0.1) is 5.92 Å². The van der Waals surface area contributed by atoms with Gasteiger partial charge in [0, 0.05) is 18.9 Å². The number of aromatic nitrogens is 2. The average Bonchev–Trinajstić information content (AvgIpc) is 2.71. The molecule has 1 saturated heterocycles. The third kappa shape index (κ3) is 3.06. The molecule has 0 spiro atoms. The Bertz CT molecular complexity index is 266. The molecule has 0 amide bonds. The van der Waals surface area contributed by atoms with Crippen LogP contribution in [0.1, 0.15) is 32.6 Å². The van der Waals surface area contributed by atoms with Crippen molar-refractivity contribution < 1.29 is 0 Å².